The van der Waals surface area contributed by atoms with Crippen LogP contribution in [0.1, 0.15) is 31.9 Å². The molecule has 1 heterocycles. The Kier molecular flexibility index (Phi) is 6.87. The zero-order valence-electron chi connectivity index (χ0n) is 12.5. The van der Waals surface area contributed by atoms with Crippen LogP contribution in [0.3, 0.4) is 0 Å². The number of carboxylic acids is 1. The van der Waals surface area contributed by atoms with Crippen molar-refractivity contribution in [2.24, 2.45) is 5.92 Å². The van der Waals surface area contributed by atoms with E-state index in [2.05, 4.69) is 19.2 Å². The summed E-state index contributed by atoms with van der Waals surface area (Å²) in [5.74, 6) is -1.34. The maximum absolute atomic E-state index is 12.0. The van der Waals surface area contributed by atoms with Gasteiger partial charge < -0.3 is 20.0 Å². The molecule has 108 valence electrons. The minimum Gasteiger partial charge on any atom is -0.547 e. The molecule has 1 aliphatic rings. The van der Waals surface area contributed by atoms with Gasteiger partial charge in [0.05, 0.1) is 12.0 Å². The summed E-state index contributed by atoms with van der Waals surface area (Å²) in [4.78, 5) is 22.6. The summed E-state index contributed by atoms with van der Waals surface area (Å²) < 4.78 is 4.81. The second-order valence-corrected chi connectivity index (χ2v) is 5.40. The number of benzene rings is 1. The van der Waals surface area contributed by atoms with E-state index in [4.69, 9.17) is 4.74 Å². The van der Waals surface area contributed by atoms with Crippen LogP contribution in [0.25, 0.3) is 0 Å². The van der Waals surface area contributed by atoms with Crippen LogP contribution in [0.2, 0.25) is 0 Å². The zero-order valence-corrected chi connectivity index (χ0v) is 14.5. The number of amides is 1. The Hall–Kier alpha value is -0.880. The molecule has 1 saturated heterocycles. The number of carbonyl (C=O) groups excluding carboxylic acids is 2. The van der Waals surface area contributed by atoms with Crippen molar-refractivity contribution in [2.45, 2.75) is 38.5 Å². The van der Waals surface area contributed by atoms with Gasteiger partial charge in [-0.1, -0.05) is 44.2 Å². The first-order valence-corrected chi connectivity index (χ1v) is 6.70. The smallest absolute Gasteiger partial charge is 0.547 e. The second kappa shape index (κ2) is 7.94. The molecule has 0 saturated carbocycles. The number of ether oxygens (including phenoxy) is 1. The fraction of sp³-hybridized carbons (Fsp3) is 0.467. The van der Waals surface area contributed by atoms with E-state index in [1.165, 1.54) is 0 Å². The van der Waals surface area contributed by atoms with E-state index in [1.54, 1.807) is 0 Å². The summed E-state index contributed by atoms with van der Waals surface area (Å²) in [5, 5.41) is 13.5. The molecule has 0 aromatic heterocycles. The summed E-state index contributed by atoms with van der Waals surface area (Å²) in [7, 11) is 0. The average Bonchev–Trinajstić information content (AvgIpc) is 3.19. The number of hydrogen-bond donors (Lipinski definition) is 1. The molecular weight excluding hydrogens is 281 g/mol. The minimum atomic E-state index is -1.34. The van der Waals surface area contributed by atoms with Crippen molar-refractivity contribution in [3.63, 3.8) is 0 Å². The van der Waals surface area contributed by atoms with Crippen LogP contribution in [-0.2, 0) is 14.3 Å². The van der Waals surface area contributed by atoms with E-state index in [0.717, 1.165) is 12.0 Å². The summed E-state index contributed by atoms with van der Waals surface area (Å²) in [6, 6.07) is 9.47. The maximum Gasteiger partial charge on any atom is 1.00 e. The van der Waals surface area contributed by atoms with Gasteiger partial charge in [-0.25, -0.2) is 0 Å². The first-order chi connectivity index (χ1) is 9.49. The van der Waals surface area contributed by atoms with Crippen molar-refractivity contribution in [1.82, 2.24) is 5.32 Å². The molecule has 1 amide bonds. The first kappa shape index (κ1) is 18.2. The van der Waals surface area contributed by atoms with E-state index >= 15 is 0 Å². The normalized spacial score (nSPS) is 21.3. The van der Waals surface area contributed by atoms with Crippen molar-refractivity contribution < 1.29 is 49.0 Å². The zero-order chi connectivity index (χ0) is 14.7. The van der Waals surface area contributed by atoms with Crippen molar-refractivity contribution in [3.05, 3.63) is 35.9 Å². The van der Waals surface area contributed by atoms with Gasteiger partial charge in [-0.15, -0.1) is 0 Å². The van der Waals surface area contributed by atoms with E-state index in [0.29, 0.717) is 5.92 Å². The van der Waals surface area contributed by atoms with Crippen molar-refractivity contribution in [2.75, 3.05) is 0 Å². The third-order valence-electron chi connectivity index (χ3n) is 3.21. The van der Waals surface area contributed by atoms with Crippen molar-refractivity contribution in [3.8, 4) is 0 Å². The van der Waals surface area contributed by atoms with E-state index in [9.17, 15) is 14.7 Å². The van der Waals surface area contributed by atoms with Gasteiger partial charge in [0.2, 0.25) is 0 Å². The van der Waals surface area contributed by atoms with Crippen LogP contribution in [0.4, 0.5) is 0 Å². The van der Waals surface area contributed by atoms with Crippen LogP contribution in [0.15, 0.2) is 30.3 Å². The molecule has 0 radical (unpaired) electrons. The molecule has 6 heteroatoms. The molecule has 5 nitrogen and oxygen atoms in total. The standard InChI is InChI=1S/C15H19NO4.Na/c1-9(2)8-11(10-6-4-3-5-7-10)16-14(17)12-13(20-12)15(18)19;/h3-7,9,11-13H,8H2,1-2H3,(H,16,17)(H,18,19);/q;+1/p-1/t11?,12-,13-;/m1./s1. The largest absolute Gasteiger partial charge is 1.00 e. The Morgan fingerprint density at radius 2 is 1.86 bits per heavy atom. The third kappa shape index (κ3) is 5.11. The van der Waals surface area contributed by atoms with Crippen LogP contribution < -0.4 is 40.0 Å². The van der Waals surface area contributed by atoms with E-state index < -0.39 is 24.1 Å². The van der Waals surface area contributed by atoms with Crippen LogP contribution in [0, 0.1) is 5.92 Å². The number of hydrogen-bond acceptors (Lipinski definition) is 4. The number of nitrogens with one attached hydrogen (secondary N) is 1. The van der Waals surface area contributed by atoms with E-state index in [-0.39, 0.29) is 35.6 Å². The number of carboxylic acid groups (broad SMARTS) is 1. The molecule has 1 fully saturated rings. The number of rotatable bonds is 6. The van der Waals surface area contributed by atoms with Crippen molar-refractivity contribution in [1.29, 1.82) is 0 Å². The van der Waals surface area contributed by atoms with Crippen LogP contribution >= 0.6 is 0 Å². The fourth-order valence-corrected chi connectivity index (χ4v) is 2.18. The van der Waals surface area contributed by atoms with Gasteiger partial charge in [-0.2, -0.15) is 0 Å². The van der Waals surface area contributed by atoms with Crippen molar-refractivity contribution >= 4 is 11.9 Å². The van der Waals surface area contributed by atoms with Gasteiger partial charge in [0.25, 0.3) is 5.91 Å². The Labute approximate surface area is 146 Å². The van der Waals surface area contributed by atoms with Gasteiger partial charge in [-0.3, -0.25) is 4.79 Å². The molecule has 1 unspecified atom stereocenters. The molecule has 0 bridgehead atoms. The van der Waals surface area contributed by atoms with E-state index in [1.807, 2.05) is 30.3 Å². The third-order valence-corrected chi connectivity index (χ3v) is 3.21. The summed E-state index contributed by atoms with van der Waals surface area (Å²) in [5.41, 5.74) is 1.00. The maximum atomic E-state index is 12.0. The molecule has 1 aromatic rings. The quantitative estimate of drug-likeness (QED) is 0.462. The molecule has 0 spiro atoms. The Balaban J connectivity index is 0.00000220. The van der Waals surface area contributed by atoms with Gasteiger partial charge in [0, 0.05) is 0 Å². The molecular formula is C15H18NNaO4. The van der Waals surface area contributed by atoms with Gasteiger partial charge in [-0.05, 0) is 17.9 Å². The SMILES string of the molecule is CC(C)CC(NC(=O)[C@@H]1O[C@H]1C(=O)[O-])c1ccccc1.[Na+]. The average molecular weight is 299 g/mol. The molecule has 1 aliphatic heterocycles. The van der Waals surface area contributed by atoms with Crippen LogP contribution in [0.5, 0.6) is 0 Å². The van der Waals surface area contributed by atoms with Crippen LogP contribution in [-0.4, -0.2) is 24.1 Å². The minimum absolute atomic E-state index is 0. The topological polar surface area (TPSA) is 81.8 Å². The number of aliphatic carboxylic acids is 1. The molecule has 3 atom stereocenters. The molecule has 1 aromatic carbocycles. The summed E-state index contributed by atoms with van der Waals surface area (Å²) in [6.45, 7) is 4.14. The number of carbonyl (C=O) groups is 2. The van der Waals surface area contributed by atoms with Gasteiger partial charge in [0.1, 0.15) is 6.10 Å². The van der Waals surface area contributed by atoms with Gasteiger partial charge in [0.15, 0.2) is 6.10 Å². The molecule has 21 heavy (non-hydrogen) atoms. The van der Waals surface area contributed by atoms with Gasteiger partial charge >= 0.3 is 29.6 Å². The summed E-state index contributed by atoms with van der Waals surface area (Å²) in [6.07, 6.45) is -1.25. The molecule has 2 rings (SSSR count). The predicted molar refractivity (Wildman–Crippen MR) is 70.4 cm³/mol. The predicted octanol–water partition coefficient (Wildman–Crippen LogP) is -2.59. The number of epoxide rings is 1. The monoisotopic (exact) mass is 299 g/mol. The Morgan fingerprint density at radius 1 is 1.24 bits per heavy atom. The Morgan fingerprint density at radius 3 is 2.33 bits per heavy atom. The summed E-state index contributed by atoms with van der Waals surface area (Å²) >= 11 is 0. The fourth-order valence-electron chi connectivity index (χ4n) is 2.18. The molecule has 1 N–H and O–H groups in total. The molecule has 0 aliphatic carbocycles. The first-order valence-electron chi connectivity index (χ1n) is 6.70. The Bertz CT molecular complexity index is 492. The second-order valence-electron chi connectivity index (χ2n) is 5.40.